The summed E-state index contributed by atoms with van der Waals surface area (Å²) in [5.41, 5.74) is 1.40. The van der Waals surface area contributed by atoms with E-state index in [1.165, 1.54) is 31.2 Å². The van der Waals surface area contributed by atoms with Gasteiger partial charge in [0, 0.05) is 25.4 Å². The maximum Gasteiger partial charge on any atom is 0.282 e. The fourth-order valence-electron chi connectivity index (χ4n) is 3.46. The number of methoxy groups -OCH3 is 2. The lowest BCUT2D eigenvalue weighted by Gasteiger charge is -2.19. The van der Waals surface area contributed by atoms with Crippen LogP contribution in [0.25, 0.3) is 11.0 Å². The first-order valence-electron chi connectivity index (χ1n) is 11.5. The maximum absolute atomic E-state index is 13.1. The average Bonchev–Trinajstić information content (AvgIpc) is 3.36. The molecule has 4 aromatic rings. The molecule has 202 valence electrons. The number of rotatable bonds is 13. The molecule has 3 N–H and O–H groups in total. The number of nitrogens with zero attached hydrogens (tertiary/aromatic N) is 4. The molecule has 0 saturated carbocycles. The lowest BCUT2D eigenvalue weighted by Crippen LogP contribution is -2.17. The Kier molecular flexibility index (Phi) is 8.45. The molecule has 0 aliphatic rings. The van der Waals surface area contributed by atoms with Gasteiger partial charge < -0.3 is 29.4 Å². The Morgan fingerprint density at radius 1 is 0.974 bits per heavy atom. The number of benzene rings is 2. The second-order valence-corrected chi connectivity index (χ2v) is 9.49. The number of hydrogen-bond donors (Lipinski definition) is 3. The van der Waals surface area contributed by atoms with Gasteiger partial charge in [-0.25, -0.2) is 9.97 Å². The van der Waals surface area contributed by atoms with E-state index in [0.717, 1.165) is 0 Å². The van der Waals surface area contributed by atoms with Crippen LogP contribution in [0.3, 0.4) is 0 Å². The summed E-state index contributed by atoms with van der Waals surface area (Å²) in [6.45, 7) is 0.456. The lowest BCUT2D eigenvalue weighted by molar-refractivity contribution is 0.0700. The van der Waals surface area contributed by atoms with E-state index in [4.69, 9.17) is 24.1 Å². The molecule has 0 saturated heterocycles. The monoisotopic (exact) mass is 544 g/mol. The number of aromatic nitrogens is 4. The molecule has 38 heavy (non-hydrogen) atoms. The molecular formula is C24H28N6O7S. The summed E-state index contributed by atoms with van der Waals surface area (Å²) in [4.78, 5) is 9.11. The van der Waals surface area contributed by atoms with Crippen LogP contribution in [0.4, 0.5) is 17.3 Å². The third-order valence-electron chi connectivity index (χ3n) is 5.21. The number of fused-ring (bicyclic) bond motifs is 1. The van der Waals surface area contributed by atoms with E-state index in [-0.39, 0.29) is 43.1 Å². The van der Waals surface area contributed by atoms with Crippen LogP contribution < -0.4 is 24.2 Å². The number of sulfonamides is 1. The van der Waals surface area contributed by atoms with Crippen LogP contribution in [-0.2, 0) is 21.8 Å². The molecule has 0 spiro atoms. The Balaban J connectivity index is 1.75. The van der Waals surface area contributed by atoms with E-state index in [1.807, 2.05) is 0 Å². The van der Waals surface area contributed by atoms with Gasteiger partial charge >= 0.3 is 0 Å². The summed E-state index contributed by atoms with van der Waals surface area (Å²) in [6.07, 6.45) is 1.52. The highest BCUT2D eigenvalue weighted by molar-refractivity contribution is 7.92. The smallest absolute Gasteiger partial charge is 0.282 e. The van der Waals surface area contributed by atoms with Gasteiger partial charge in [0.25, 0.3) is 10.0 Å². The quantitative estimate of drug-likeness (QED) is 0.212. The van der Waals surface area contributed by atoms with Gasteiger partial charge in [-0.15, -0.1) is 0 Å². The van der Waals surface area contributed by atoms with Crippen LogP contribution in [0.2, 0.25) is 0 Å². The molecular weight excluding hydrogens is 516 g/mol. The van der Waals surface area contributed by atoms with Crippen molar-refractivity contribution < 1.29 is 32.5 Å². The van der Waals surface area contributed by atoms with Gasteiger partial charge in [0.05, 0.1) is 50.8 Å². The molecule has 0 radical (unpaired) electrons. The molecule has 14 heteroatoms. The number of para-hydroxylation sites is 2. The van der Waals surface area contributed by atoms with Crippen molar-refractivity contribution in [2.75, 3.05) is 50.7 Å². The maximum atomic E-state index is 13.1. The molecule has 2 heterocycles. The van der Waals surface area contributed by atoms with Crippen molar-refractivity contribution in [3.05, 3.63) is 48.7 Å². The Morgan fingerprint density at radius 3 is 2.34 bits per heavy atom. The van der Waals surface area contributed by atoms with Crippen molar-refractivity contribution in [3.63, 3.8) is 0 Å². The molecule has 4 rings (SSSR count). The zero-order chi connectivity index (χ0) is 27.1. The Morgan fingerprint density at radius 2 is 1.71 bits per heavy atom. The molecule has 13 nitrogen and oxygen atoms in total. The second kappa shape index (κ2) is 11.9. The highest BCUT2D eigenvalue weighted by atomic mass is 32.2. The first-order chi connectivity index (χ1) is 18.3. The number of aliphatic hydroxyl groups is 1. The summed E-state index contributed by atoms with van der Waals surface area (Å²) < 4.78 is 52.1. The van der Waals surface area contributed by atoms with Crippen LogP contribution in [0.5, 0.6) is 17.2 Å². The Hall–Kier alpha value is -4.14. The number of aliphatic hydroxyl groups excluding tert-OH is 1. The summed E-state index contributed by atoms with van der Waals surface area (Å²) in [7, 11) is 0.529. The molecule has 0 atom stereocenters. The summed E-state index contributed by atoms with van der Waals surface area (Å²) in [6, 6.07) is 11.7. The zero-order valence-corrected chi connectivity index (χ0v) is 21.9. The first kappa shape index (κ1) is 26.9. The molecule has 0 amide bonds. The number of hydrogen-bond acceptors (Lipinski definition) is 11. The minimum atomic E-state index is -4.08. The minimum absolute atomic E-state index is 0.0478. The van der Waals surface area contributed by atoms with Gasteiger partial charge in [0.15, 0.2) is 28.2 Å². The summed E-state index contributed by atoms with van der Waals surface area (Å²) >= 11 is 0. The molecule has 2 aromatic heterocycles. The largest absolute Gasteiger partial charge is 0.497 e. The van der Waals surface area contributed by atoms with Crippen molar-refractivity contribution in [1.29, 1.82) is 0 Å². The lowest BCUT2D eigenvalue weighted by atomic mass is 10.2. The van der Waals surface area contributed by atoms with Crippen molar-refractivity contribution in [3.8, 4) is 17.2 Å². The van der Waals surface area contributed by atoms with E-state index in [0.29, 0.717) is 34.0 Å². The Bertz CT molecular complexity index is 1510. The summed E-state index contributed by atoms with van der Waals surface area (Å²) in [5, 5.41) is 15.8. The zero-order valence-electron chi connectivity index (χ0n) is 21.0. The summed E-state index contributed by atoms with van der Waals surface area (Å²) in [5.74, 6) is 1.19. The van der Waals surface area contributed by atoms with Crippen molar-refractivity contribution >= 4 is 38.4 Å². The third kappa shape index (κ3) is 6.22. The number of anilines is 3. The molecule has 0 bridgehead atoms. The van der Waals surface area contributed by atoms with E-state index < -0.39 is 10.0 Å². The normalized spacial score (nSPS) is 11.4. The van der Waals surface area contributed by atoms with Crippen molar-refractivity contribution in [2.24, 2.45) is 7.05 Å². The minimum Gasteiger partial charge on any atom is -0.497 e. The number of nitrogens with one attached hydrogen (secondary N) is 2. The Labute approximate surface area is 219 Å². The average molecular weight is 545 g/mol. The van der Waals surface area contributed by atoms with E-state index in [1.54, 1.807) is 43.4 Å². The van der Waals surface area contributed by atoms with E-state index in [2.05, 4.69) is 25.1 Å². The molecule has 0 aliphatic carbocycles. The second-order valence-electron chi connectivity index (χ2n) is 7.86. The van der Waals surface area contributed by atoms with E-state index in [9.17, 15) is 8.42 Å². The number of aryl methyl sites for hydroxylation is 1. The van der Waals surface area contributed by atoms with Gasteiger partial charge in [0.1, 0.15) is 12.4 Å². The van der Waals surface area contributed by atoms with Gasteiger partial charge in [-0.2, -0.15) is 13.5 Å². The predicted molar refractivity (Wildman–Crippen MR) is 140 cm³/mol. The van der Waals surface area contributed by atoms with Gasteiger partial charge in [-0.1, -0.05) is 12.1 Å². The van der Waals surface area contributed by atoms with Crippen LogP contribution in [0.1, 0.15) is 0 Å². The van der Waals surface area contributed by atoms with Crippen molar-refractivity contribution in [1.82, 2.24) is 19.7 Å². The van der Waals surface area contributed by atoms with Gasteiger partial charge in [0.2, 0.25) is 0 Å². The molecule has 0 unspecified atom stereocenters. The third-order valence-corrected chi connectivity index (χ3v) is 6.44. The molecule has 0 fully saturated rings. The first-order valence-corrected chi connectivity index (χ1v) is 13.0. The SMILES string of the molecule is COc1cc(Nc2nc3ccccc3nc2NS(=O)(=O)c2ccn(C)n2)c(OCCOCCO)c(OC)c1. The van der Waals surface area contributed by atoms with Gasteiger partial charge in [-0.05, 0) is 18.2 Å². The topological polar surface area (TPSA) is 159 Å². The highest BCUT2D eigenvalue weighted by Gasteiger charge is 2.23. The fraction of sp³-hybridized carbons (Fsp3) is 0.292. The van der Waals surface area contributed by atoms with Crippen molar-refractivity contribution in [2.45, 2.75) is 5.03 Å². The van der Waals surface area contributed by atoms with Crippen LogP contribution >= 0.6 is 0 Å². The predicted octanol–water partition coefficient (Wildman–Crippen LogP) is 2.31. The highest BCUT2D eigenvalue weighted by Crippen LogP contribution is 2.41. The van der Waals surface area contributed by atoms with E-state index >= 15 is 0 Å². The molecule has 2 aromatic carbocycles. The fourth-order valence-corrected chi connectivity index (χ4v) is 4.44. The standard InChI is InChI=1S/C24H28N6O7S/c1-30-9-8-21(28-30)38(32,33)29-24-23(25-17-6-4-5-7-18(17)26-24)27-19-14-16(34-2)15-20(35-3)22(19)37-13-12-36-11-10-31/h4-9,14-15,31H,10-13H2,1-3H3,(H,25,27)(H,26,29). The molecule has 0 aliphatic heterocycles. The van der Waals surface area contributed by atoms with Gasteiger partial charge in [-0.3, -0.25) is 9.40 Å². The van der Waals surface area contributed by atoms with Crippen LogP contribution in [-0.4, -0.2) is 73.9 Å². The van der Waals surface area contributed by atoms with Crippen LogP contribution in [0.15, 0.2) is 53.7 Å². The number of ether oxygens (including phenoxy) is 4. The van der Waals surface area contributed by atoms with Crippen LogP contribution in [0, 0.1) is 0 Å².